The third-order valence-corrected chi connectivity index (χ3v) is 3.37. The van der Waals surface area contributed by atoms with Gasteiger partial charge in [-0.15, -0.1) is 0 Å². The minimum atomic E-state index is -0.883. The molecule has 18 heavy (non-hydrogen) atoms. The molecule has 1 fully saturated rings. The van der Waals surface area contributed by atoms with Crippen LogP contribution in [0, 0.1) is 11.3 Å². The van der Waals surface area contributed by atoms with Crippen molar-refractivity contribution in [2.75, 3.05) is 6.54 Å². The van der Waals surface area contributed by atoms with Gasteiger partial charge in [-0.05, 0) is 30.6 Å². The van der Waals surface area contributed by atoms with E-state index < -0.39 is 11.4 Å². The van der Waals surface area contributed by atoms with Gasteiger partial charge >= 0.3 is 5.97 Å². The van der Waals surface area contributed by atoms with Gasteiger partial charge in [0.15, 0.2) is 0 Å². The van der Waals surface area contributed by atoms with Crippen molar-refractivity contribution in [3.63, 3.8) is 0 Å². The van der Waals surface area contributed by atoms with E-state index in [2.05, 4.69) is 5.32 Å². The molecule has 3 N–H and O–H groups in total. The maximum Gasteiger partial charge on any atom is 0.303 e. The lowest BCUT2D eigenvalue weighted by molar-refractivity contribution is -0.139. The molecule has 0 spiro atoms. The second kappa shape index (κ2) is 6.18. The molecule has 2 atom stereocenters. The van der Waals surface area contributed by atoms with Gasteiger partial charge in [0, 0.05) is 13.0 Å². The summed E-state index contributed by atoms with van der Waals surface area (Å²) in [7, 11) is 0. The summed E-state index contributed by atoms with van der Waals surface area (Å²) in [6, 6.07) is 0. The second-order valence-corrected chi connectivity index (χ2v) is 6.05. The molecule has 0 heterocycles. The molecule has 0 aromatic heterocycles. The molecular formula is C13H23NO4. The van der Waals surface area contributed by atoms with Gasteiger partial charge in [0.2, 0.25) is 5.91 Å². The SMILES string of the molecule is CC(C)(CC(=O)O)CC(=O)NCC1CCC(O)C1. The summed E-state index contributed by atoms with van der Waals surface area (Å²) in [6.45, 7) is 4.14. The van der Waals surface area contributed by atoms with Crippen molar-refractivity contribution in [1.29, 1.82) is 0 Å². The molecule has 0 aromatic carbocycles. The monoisotopic (exact) mass is 257 g/mol. The number of aliphatic hydroxyl groups is 1. The molecule has 5 nitrogen and oxygen atoms in total. The van der Waals surface area contributed by atoms with Crippen LogP contribution in [0.3, 0.4) is 0 Å². The lowest BCUT2D eigenvalue weighted by Crippen LogP contribution is -2.33. The highest BCUT2D eigenvalue weighted by Gasteiger charge is 2.27. The van der Waals surface area contributed by atoms with Gasteiger partial charge in [-0.25, -0.2) is 0 Å². The molecule has 1 aliphatic rings. The number of carbonyl (C=O) groups excluding carboxylic acids is 1. The Morgan fingerprint density at radius 1 is 1.28 bits per heavy atom. The maximum atomic E-state index is 11.7. The van der Waals surface area contributed by atoms with Crippen LogP contribution in [-0.4, -0.2) is 34.7 Å². The third kappa shape index (κ3) is 5.49. The highest BCUT2D eigenvalue weighted by atomic mass is 16.4. The van der Waals surface area contributed by atoms with Crippen molar-refractivity contribution in [3.8, 4) is 0 Å². The summed E-state index contributed by atoms with van der Waals surface area (Å²) in [6.07, 6.45) is 2.48. The Hall–Kier alpha value is -1.10. The average molecular weight is 257 g/mol. The number of hydrogen-bond acceptors (Lipinski definition) is 3. The quantitative estimate of drug-likeness (QED) is 0.666. The summed E-state index contributed by atoms with van der Waals surface area (Å²) < 4.78 is 0. The van der Waals surface area contributed by atoms with E-state index in [1.54, 1.807) is 13.8 Å². The topological polar surface area (TPSA) is 86.6 Å². The van der Waals surface area contributed by atoms with Crippen molar-refractivity contribution < 1.29 is 19.8 Å². The molecule has 2 unspecified atom stereocenters. The van der Waals surface area contributed by atoms with Gasteiger partial charge in [0.1, 0.15) is 0 Å². The summed E-state index contributed by atoms with van der Waals surface area (Å²) >= 11 is 0. The number of hydrogen-bond donors (Lipinski definition) is 3. The minimum Gasteiger partial charge on any atom is -0.481 e. The lowest BCUT2D eigenvalue weighted by Gasteiger charge is -2.22. The van der Waals surface area contributed by atoms with Crippen molar-refractivity contribution in [2.45, 2.75) is 52.1 Å². The number of amides is 1. The van der Waals surface area contributed by atoms with E-state index >= 15 is 0 Å². The van der Waals surface area contributed by atoms with Gasteiger partial charge < -0.3 is 15.5 Å². The molecule has 1 saturated carbocycles. The van der Waals surface area contributed by atoms with Crippen LogP contribution < -0.4 is 5.32 Å². The highest BCUT2D eigenvalue weighted by Crippen LogP contribution is 2.26. The Morgan fingerprint density at radius 3 is 2.44 bits per heavy atom. The third-order valence-electron chi connectivity index (χ3n) is 3.37. The largest absolute Gasteiger partial charge is 0.481 e. The zero-order valence-electron chi connectivity index (χ0n) is 11.1. The van der Waals surface area contributed by atoms with E-state index in [1.807, 2.05) is 0 Å². The first kappa shape index (κ1) is 15.0. The molecule has 1 rings (SSSR count). The Kier molecular flexibility index (Phi) is 5.14. The lowest BCUT2D eigenvalue weighted by atomic mass is 9.85. The number of aliphatic carboxylic acids is 1. The molecular weight excluding hydrogens is 234 g/mol. The van der Waals surface area contributed by atoms with Crippen LogP contribution in [0.2, 0.25) is 0 Å². The van der Waals surface area contributed by atoms with Crippen LogP contribution in [0.1, 0.15) is 46.0 Å². The van der Waals surface area contributed by atoms with Gasteiger partial charge in [0.05, 0.1) is 12.5 Å². The van der Waals surface area contributed by atoms with Crippen molar-refractivity contribution in [2.24, 2.45) is 11.3 Å². The van der Waals surface area contributed by atoms with Crippen LogP contribution in [-0.2, 0) is 9.59 Å². The number of nitrogens with one attached hydrogen (secondary N) is 1. The van der Waals surface area contributed by atoms with E-state index in [0.717, 1.165) is 19.3 Å². The predicted octanol–water partition coefficient (Wildman–Crippen LogP) is 1.15. The maximum absolute atomic E-state index is 11.7. The van der Waals surface area contributed by atoms with E-state index in [-0.39, 0.29) is 24.9 Å². The molecule has 0 saturated heterocycles. The molecule has 0 aromatic rings. The molecule has 1 aliphatic carbocycles. The van der Waals surface area contributed by atoms with Crippen LogP contribution in [0.4, 0.5) is 0 Å². The van der Waals surface area contributed by atoms with Crippen molar-refractivity contribution in [1.82, 2.24) is 5.32 Å². The first-order chi connectivity index (χ1) is 8.28. The molecule has 0 radical (unpaired) electrons. The molecule has 0 aliphatic heterocycles. The number of carboxylic acids is 1. The van der Waals surface area contributed by atoms with Gasteiger partial charge in [-0.3, -0.25) is 9.59 Å². The van der Waals surface area contributed by atoms with Gasteiger partial charge in [0.25, 0.3) is 0 Å². The first-order valence-electron chi connectivity index (χ1n) is 6.45. The summed E-state index contributed by atoms with van der Waals surface area (Å²) in [5, 5.41) is 20.9. The second-order valence-electron chi connectivity index (χ2n) is 6.05. The van der Waals surface area contributed by atoms with Crippen LogP contribution in [0.15, 0.2) is 0 Å². The van der Waals surface area contributed by atoms with Gasteiger partial charge in [-0.1, -0.05) is 13.8 Å². The first-order valence-corrected chi connectivity index (χ1v) is 6.45. The zero-order chi connectivity index (χ0) is 13.8. The van der Waals surface area contributed by atoms with E-state index in [1.165, 1.54) is 0 Å². The summed E-state index contributed by atoms with van der Waals surface area (Å²) in [5.41, 5.74) is -0.523. The van der Waals surface area contributed by atoms with Crippen molar-refractivity contribution >= 4 is 11.9 Å². The van der Waals surface area contributed by atoms with Crippen molar-refractivity contribution in [3.05, 3.63) is 0 Å². The number of rotatable bonds is 6. The molecule has 5 heteroatoms. The minimum absolute atomic E-state index is 0.0113. The number of carbonyl (C=O) groups is 2. The predicted molar refractivity (Wildman–Crippen MR) is 67.0 cm³/mol. The van der Waals surface area contributed by atoms with E-state index in [0.29, 0.717) is 12.5 Å². The molecule has 104 valence electrons. The highest BCUT2D eigenvalue weighted by molar-refractivity contribution is 5.77. The summed E-state index contributed by atoms with van der Waals surface area (Å²) in [5.74, 6) is -0.638. The van der Waals surface area contributed by atoms with Crippen LogP contribution in [0.5, 0.6) is 0 Å². The van der Waals surface area contributed by atoms with Crippen LogP contribution >= 0.6 is 0 Å². The Balaban J connectivity index is 2.26. The average Bonchev–Trinajstić information content (AvgIpc) is 2.58. The molecule has 0 bridgehead atoms. The summed E-state index contributed by atoms with van der Waals surface area (Å²) in [4.78, 5) is 22.4. The Bertz CT molecular complexity index is 314. The van der Waals surface area contributed by atoms with E-state index in [4.69, 9.17) is 5.11 Å². The number of aliphatic hydroxyl groups excluding tert-OH is 1. The van der Waals surface area contributed by atoms with E-state index in [9.17, 15) is 14.7 Å². The van der Waals surface area contributed by atoms with Gasteiger partial charge in [-0.2, -0.15) is 0 Å². The fourth-order valence-electron chi connectivity index (χ4n) is 2.46. The molecule has 1 amide bonds. The zero-order valence-corrected chi connectivity index (χ0v) is 11.1. The Morgan fingerprint density at radius 2 is 1.94 bits per heavy atom. The Labute approximate surface area is 108 Å². The van der Waals surface area contributed by atoms with Crippen LogP contribution in [0.25, 0.3) is 0 Å². The fraction of sp³-hybridized carbons (Fsp3) is 0.846. The standard InChI is InChI=1S/C13H23NO4/c1-13(2,7-12(17)18)6-11(16)14-8-9-3-4-10(15)5-9/h9-10,15H,3-8H2,1-2H3,(H,14,16)(H,17,18). The fourth-order valence-corrected chi connectivity index (χ4v) is 2.46. The number of carboxylic acid groups (broad SMARTS) is 1. The smallest absolute Gasteiger partial charge is 0.303 e. The normalized spacial score (nSPS) is 23.9.